The Morgan fingerprint density at radius 1 is 1.21 bits per heavy atom. The number of hydrogen-bond donors (Lipinski definition) is 1. The smallest absolute Gasteiger partial charge is 0.228 e. The molecule has 1 N–H and O–H groups in total. The van der Waals surface area contributed by atoms with Crippen LogP contribution in [0.3, 0.4) is 0 Å². The normalized spacial score (nSPS) is 31.2. The molecule has 130 valence electrons. The second-order valence-electron chi connectivity index (χ2n) is 6.88. The van der Waals surface area contributed by atoms with Gasteiger partial charge in [0.25, 0.3) is 0 Å². The highest BCUT2D eigenvalue weighted by molar-refractivity contribution is 8.21. The first-order chi connectivity index (χ1) is 11.6. The lowest BCUT2D eigenvalue weighted by Gasteiger charge is -2.52. The lowest BCUT2D eigenvalue weighted by Crippen LogP contribution is -2.48. The first-order valence-corrected chi connectivity index (χ1v) is 11.2. The van der Waals surface area contributed by atoms with Crippen LogP contribution in [0.15, 0.2) is 12.3 Å². The maximum atomic E-state index is 12.8. The van der Waals surface area contributed by atoms with Crippen molar-refractivity contribution in [1.82, 2.24) is 4.98 Å². The monoisotopic (exact) mass is 402 g/mol. The number of amides is 1. The summed E-state index contributed by atoms with van der Waals surface area (Å²) in [5, 5.41) is 3.79. The van der Waals surface area contributed by atoms with Gasteiger partial charge in [-0.3, -0.25) is 4.79 Å². The number of anilines is 1. The molecule has 1 amide bonds. The van der Waals surface area contributed by atoms with Gasteiger partial charge < -0.3 is 5.32 Å². The molecule has 1 aromatic heterocycles. The molecule has 2 saturated carbocycles. The van der Waals surface area contributed by atoms with Crippen LogP contribution in [-0.4, -0.2) is 26.5 Å². The zero-order valence-electron chi connectivity index (χ0n) is 13.3. The number of hydrogen-bond acceptors (Lipinski definition) is 4. The van der Waals surface area contributed by atoms with E-state index in [2.05, 4.69) is 33.8 Å². The fourth-order valence-corrected chi connectivity index (χ4v) is 8.91. The number of nitrogens with one attached hydrogen (secondary N) is 1. The topological polar surface area (TPSA) is 42.0 Å². The number of carbonyl (C=O) groups excluding carboxylic acids is 1. The number of aromatic nitrogens is 1. The molecule has 0 radical (unpaired) electrons. The van der Waals surface area contributed by atoms with Crippen LogP contribution in [0.1, 0.15) is 32.1 Å². The maximum absolute atomic E-state index is 12.8. The number of carbonyl (C=O) groups is 1. The molecule has 4 rings (SSSR count). The van der Waals surface area contributed by atoms with E-state index >= 15 is 0 Å². The van der Waals surface area contributed by atoms with Gasteiger partial charge in [0.05, 0.1) is 14.1 Å². The minimum Gasteiger partial charge on any atom is -0.309 e. The van der Waals surface area contributed by atoms with Gasteiger partial charge in [0.1, 0.15) is 0 Å². The van der Waals surface area contributed by atoms with E-state index in [-0.39, 0.29) is 11.8 Å². The summed E-state index contributed by atoms with van der Waals surface area (Å²) < 4.78 is 0.394. The van der Waals surface area contributed by atoms with E-state index in [1.165, 1.54) is 37.0 Å². The summed E-state index contributed by atoms with van der Waals surface area (Å²) in [6.07, 6.45) is 7.35. The first kappa shape index (κ1) is 17.3. The standard InChI is InChI=1S/C17H20Cl2N2OS2/c18-13-8-14(19)15(20-9-13)21-16(22)10-6-11-2-1-3-12(7-10)17(11)23-4-5-24-17/h8-12H,1-7H2,(H,20,21,22). The van der Waals surface area contributed by atoms with Crippen LogP contribution >= 0.6 is 46.7 Å². The van der Waals surface area contributed by atoms with E-state index in [0.29, 0.717) is 31.8 Å². The molecule has 1 aliphatic heterocycles. The molecule has 3 fully saturated rings. The number of nitrogens with zero attached hydrogens (tertiary/aromatic N) is 1. The van der Waals surface area contributed by atoms with Gasteiger partial charge in [-0.2, -0.15) is 0 Å². The quantitative estimate of drug-likeness (QED) is 0.725. The van der Waals surface area contributed by atoms with Crippen LogP contribution in [0.25, 0.3) is 0 Å². The van der Waals surface area contributed by atoms with Crippen molar-refractivity contribution in [2.24, 2.45) is 17.8 Å². The van der Waals surface area contributed by atoms with Gasteiger partial charge in [0, 0.05) is 23.6 Å². The molecule has 2 aliphatic carbocycles. The van der Waals surface area contributed by atoms with Crippen LogP contribution < -0.4 is 5.32 Å². The zero-order valence-corrected chi connectivity index (χ0v) is 16.4. The molecule has 2 unspecified atom stereocenters. The van der Waals surface area contributed by atoms with Crippen LogP contribution in [0.4, 0.5) is 5.82 Å². The number of rotatable bonds is 2. The van der Waals surface area contributed by atoms with E-state index in [9.17, 15) is 4.79 Å². The van der Waals surface area contributed by atoms with Crippen molar-refractivity contribution >= 4 is 58.5 Å². The summed E-state index contributed by atoms with van der Waals surface area (Å²) in [6.45, 7) is 0. The fourth-order valence-electron chi connectivity index (χ4n) is 4.55. The van der Waals surface area contributed by atoms with Gasteiger partial charge in [0.15, 0.2) is 5.82 Å². The summed E-state index contributed by atoms with van der Waals surface area (Å²) in [5.41, 5.74) is 0. The molecular weight excluding hydrogens is 383 g/mol. The van der Waals surface area contributed by atoms with E-state index in [4.69, 9.17) is 23.2 Å². The molecule has 2 bridgehead atoms. The summed E-state index contributed by atoms with van der Waals surface area (Å²) in [7, 11) is 0. The summed E-state index contributed by atoms with van der Waals surface area (Å²) in [4.78, 5) is 16.9. The summed E-state index contributed by atoms with van der Waals surface area (Å²) in [5.74, 6) is 4.39. The second-order valence-corrected chi connectivity index (χ2v) is 10.7. The van der Waals surface area contributed by atoms with Gasteiger partial charge in [-0.25, -0.2) is 4.98 Å². The average molecular weight is 403 g/mol. The van der Waals surface area contributed by atoms with Crippen molar-refractivity contribution < 1.29 is 4.79 Å². The van der Waals surface area contributed by atoms with E-state index in [1.807, 2.05) is 0 Å². The largest absolute Gasteiger partial charge is 0.309 e. The van der Waals surface area contributed by atoms with Crippen molar-refractivity contribution in [3.8, 4) is 0 Å². The summed E-state index contributed by atoms with van der Waals surface area (Å²) >= 11 is 16.3. The number of halogens is 2. The first-order valence-electron chi connectivity index (χ1n) is 8.48. The Balaban J connectivity index is 1.48. The Kier molecular flexibility index (Phi) is 4.98. The van der Waals surface area contributed by atoms with Crippen LogP contribution in [0.2, 0.25) is 10.0 Å². The average Bonchev–Trinajstić information content (AvgIpc) is 2.99. The molecular formula is C17H20Cl2N2OS2. The predicted octanol–water partition coefficient (Wildman–Crippen LogP) is 5.33. The lowest BCUT2D eigenvalue weighted by atomic mass is 9.67. The molecule has 1 saturated heterocycles. The van der Waals surface area contributed by atoms with Crippen LogP contribution in [0.5, 0.6) is 0 Å². The highest BCUT2D eigenvalue weighted by Crippen LogP contribution is 2.64. The Bertz CT molecular complexity index is 635. The van der Waals surface area contributed by atoms with Crippen molar-refractivity contribution in [3.63, 3.8) is 0 Å². The van der Waals surface area contributed by atoms with Crippen molar-refractivity contribution in [1.29, 1.82) is 0 Å². The Hall–Kier alpha value is -0.100. The molecule has 3 nitrogen and oxygen atoms in total. The van der Waals surface area contributed by atoms with Gasteiger partial charge in [-0.15, -0.1) is 23.5 Å². The molecule has 2 atom stereocenters. The van der Waals surface area contributed by atoms with E-state index in [1.54, 1.807) is 6.07 Å². The second kappa shape index (κ2) is 6.90. The van der Waals surface area contributed by atoms with E-state index in [0.717, 1.165) is 12.8 Å². The van der Waals surface area contributed by atoms with Gasteiger partial charge in [-0.1, -0.05) is 29.6 Å². The molecule has 7 heteroatoms. The highest BCUT2D eigenvalue weighted by Gasteiger charge is 2.55. The third-order valence-electron chi connectivity index (χ3n) is 5.54. The zero-order chi connectivity index (χ0) is 16.7. The van der Waals surface area contributed by atoms with Crippen molar-refractivity contribution in [2.45, 2.75) is 36.2 Å². The Morgan fingerprint density at radius 3 is 2.50 bits per heavy atom. The van der Waals surface area contributed by atoms with Crippen molar-refractivity contribution in [2.75, 3.05) is 16.8 Å². The van der Waals surface area contributed by atoms with Crippen LogP contribution in [-0.2, 0) is 4.79 Å². The van der Waals surface area contributed by atoms with E-state index < -0.39 is 0 Å². The number of thioether (sulfide) groups is 2. The Labute approximate surface area is 161 Å². The summed E-state index contributed by atoms with van der Waals surface area (Å²) in [6, 6.07) is 1.61. The minimum atomic E-state index is 0.0615. The lowest BCUT2D eigenvalue weighted by molar-refractivity contribution is -0.122. The predicted molar refractivity (Wildman–Crippen MR) is 104 cm³/mol. The molecule has 1 aromatic rings. The molecule has 24 heavy (non-hydrogen) atoms. The van der Waals surface area contributed by atoms with Gasteiger partial charge in [0.2, 0.25) is 5.91 Å². The third kappa shape index (κ3) is 3.06. The molecule has 2 heterocycles. The third-order valence-corrected chi connectivity index (χ3v) is 10.1. The fraction of sp³-hybridized carbons (Fsp3) is 0.647. The Morgan fingerprint density at radius 2 is 1.88 bits per heavy atom. The number of pyridine rings is 1. The van der Waals surface area contributed by atoms with Crippen molar-refractivity contribution in [3.05, 3.63) is 22.3 Å². The molecule has 0 aromatic carbocycles. The molecule has 1 spiro atoms. The minimum absolute atomic E-state index is 0.0615. The SMILES string of the molecule is O=C(Nc1ncc(Cl)cc1Cl)C1CC2CCCC(C1)C21SCCS1. The maximum Gasteiger partial charge on any atom is 0.228 e. The van der Waals surface area contributed by atoms with Gasteiger partial charge in [-0.05, 0) is 43.6 Å². The highest BCUT2D eigenvalue weighted by atomic mass is 35.5. The van der Waals surface area contributed by atoms with Crippen LogP contribution in [0, 0.1) is 17.8 Å². The molecule has 3 aliphatic rings. The van der Waals surface area contributed by atoms with Gasteiger partial charge >= 0.3 is 0 Å².